The van der Waals surface area contributed by atoms with E-state index >= 15 is 0 Å². The van der Waals surface area contributed by atoms with Gasteiger partial charge in [-0.15, -0.1) is 0 Å². The van der Waals surface area contributed by atoms with E-state index in [0.29, 0.717) is 29.9 Å². The number of unbranched alkanes of at least 4 members (excludes halogenated alkanes) is 5. The number of furan rings is 1. The molecular weight excluding hydrogens is 512 g/mol. The molecule has 0 bridgehead atoms. The van der Waals surface area contributed by atoms with Gasteiger partial charge in [-0.05, 0) is 54.3 Å². The Labute approximate surface area is 232 Å². The van der Waals surface area contributed by atoms with E-state index in [-0.39, 0.29) is 29.4 Å². The largest absolute Gasteiger partial charge is 0.508 e. The molecule has 8 heteroatoms. The zero-order valence-electron chi connectivity index (χ0n) is 22.0. The maximum atomic E-state index is 12.1. The first-order chi connectivity index (χ1) is 19.4. The number of phenolic OH excluding ortho intramolecular Hbond substituents is 2. The molecule has 3 aromatic carbocycles. The van der Waals surface area contributed by atoms with E-state index in [4.69, 9.17) is 13.9 Å². The number of benzene rings is 3. The third-order valence-corrected chi connectivity index (χ3v) is 6.47. The van der Waals surface area contributed by atoms with Gasteiger partial charge >= 0.3 is 11.9 Å². The number of phenols is 2. The molecule has 1 aromatic heterocycles. The summed E-state index contributed by atoms with van der Waals surface area (Å²) >= 11 is 0. The first kappa shape index (κ1) is 28.3. The Balaban J connectivity index is 1.22. The standard InChI is InChI=1S/C32H32O8/c33-24-13-15-28(34)27(21-24)32(37)40-18-9-4-2-1-3-8-17-38-29-20-23(26-16-19-39-30(26)31(35)36)12-14-25(29)22-10-6-5-7-11-22/h5-7,10-16,19-21,33-34H,1-4,8-9,17-18H2,(H,35,36). The minimum Gasteiger partial charge on any atom is -0.508 e. The van der Waals surface area contributed by atoms with Gasteiger partial charge in [-0.2, -0.15) is 0 Å². The van der Waals surface area contributed by atoms with Crippen LogP contribution in [-0.2, 0) is 4.74 Å². The zero-order chi connectivity index (χ0) is 28.3. The monoisotopic (exact) mass is 544 g/mol. The Morgan fingerprint density at radius 1 is 0.725 bits per heavy atom. The van der Waals surface area contributed by atoms with Crippen LogP contribution in [0.5, 0.6) is 17.2 Å². The van der Waals surface area contributed by atoms with Gasteiger partial charge in [0.2, 0.25) is 5.76 Å². The number of ether oxygens (including phenoxy) is 2. The van der Waals surface area contributed by atoms with E-state index in [1.54, 1.807) is 6.07 Å². The number of carbonyl (C=O) groups is 2. The number of esters is 1. The van der Waals surface area contributed by atoms with Gasteiger partial charge in [0.05, 0.1) is 19.5 Å². The minimum absolute atomic E-state index is 0.0481. The molecule has 0 radical (unpaired) electrons. The molecule has 0 aliphatic rings. The highest BCUT2D eigenvalue weighted by Crippen LogP contribution is 2.36. The van der Waals surface area contributed by atoms with Crippen LogP contribution in [0.3, 0.4) is 0 Å². The van der Waals surface area contributed by atoms with Crippen molar-refractivity contribution in [1.29, 1.82) is 0 Å². The Kier molecular flexibility index (Phi) is 9.83. The summed E-state index contributed by atoms with van der Waals surface area (Å²) in [5.74, 6) is -1.53. The number of hydrogen-bond donors (Lipinski definition) is 3. The van der Waals surface area contributed by atoms with Crippen LogP contribution in [0.1, 0.15) is 59.4 Å². The molecule has 0 saturated carbocycles. The molecule has 0 unspecified atom stereocenters. The van der Waals surface area contributed by atoms with Crippen molar-refractivity contribution in [2.75, 3.05) is 13.2 Å². The van der Waals surface area contributed by atoms with Gasteiger partial charge in [0.25, 0.3) is 0 Å². The second-order valence-corrected chi connectivity index (χ2v) is 9.35. The van der Waals surface area contributed by atoms with Crippen LogP contribution in [0.2, 0.25) is 0 Å². The second-order valence-electron chi connectivity index (χ2n) is 9.35. The fourth-order valence-electron chi connectivity index (χ4n) is 4.39. The lowest BCUT2D eigenvalue weighted by Gasteiger charge is -2.14. The summed E-state index contributed by atoms with van der Waals surface area (Å²) in [5.41, 5.74) is 3.10. The van der Waals surface area contributed by atoms with Gasteiger partial charge in [0.1, 0.15) is 22.8 Å². The summed E-state index contributed by atoms with van der Waals surface area (Å²) in [6, 6.07) is 20.9. The number of carbonyl (C=O) groups excluding carboxylic acids is 1. The number of aromatic carboxylic acids is 1. The zero-order valence-corrected chi connectivity index (χ0v) is 22.0. The average molecular weight is 545 g/mol. The van der Waals surface area contributed by atoms with E-state index in [0.717, 1.165) is 43.2 Å². The van der Waals surface area contributed by atoms with E-state index in [1.165, 1.54) is 24.5 Å². The molecule has 1 heterocycles. The van der Waals surface area contributed by atoms with Crippen molar-refractivity contribution < 1.29 is 38.8 Å². The Morgan fingerprint density at radius 2 is 1.45 bits per heavy atom. The van der Waals surface area contributed by atoms with Crippen molar-refractivity contribution in [2.24, 2.45) is 0 Å². The number of carboxylic acids is 1. The molecule has 4 rings (SSSR count). The van der Waals surface area contributed by atoms with Gasteiger partial charge in [-0.25, -0.2) is 9.59 Å². The third-order valence-electron chi connectivity index (χ3n) is 6.47. The smallest absolute Gasteiger partial charge is 0.372 e. The SMILES string of the molecule is O=C(OCCCCCCCCOc1cc(-c2ccoc2C(=O)O)ccc1-c1ccccc1)c1cc(O)ccc1O. The molecule has 40 heavy (non-hydrogen) atoms. The van der Waals surface area contributed by atoms with Gasteiger partial charge < -0.3 is 29.2 Å². The molecule has 208 valence electrons. The first-order valence-electron chi connectivity index (χ1n) is 13.3. The fraction of sp³-hybridized carbons (Fsp3) is 0.250. The van der Waals surface area contributed by atoms with Crippen LogP contribution in [0.4, 0.5) is 0 Å². The number of aromatic hydroxyl groups is 2. The summed E-state index contributed by atoms with van der Waals surface area (Å²) in [6.07, 6.45) is 6.80. The summed E-state index contributed by atoms with van der Waals surface area (Å²) in [7, 11) is 0. The lowest BCUT2D eigenvalue weighted by molar-refractivity contribution is 0.0493. The normalized spacial score (nSPS) is 10.8. The predicted octanol–water partition coefficient (Wildman–Crippen LogP) is 7.30. The van der Waals surface area contributed by atoms with Crippen LogP contribution in [0, 0.1) is 0 Å². The van der Waals surface area contributed by atoms with Crippen molar-refractivity contribution in [1.82, 2.24) is 0 Å². The van der Waals surface area contributed by atoms with Crippen molar-refractivity contribution in [3.8, 4) is 39.5 Å². The molecule has 0 amide bonds. The predicted molar refractivity (Wildman–Crippen MR) is 150 cm³/mol. The Bertz CT molecular complexity index is 1420. The third kappa shape index (κ3) is 7.44. The number of rotatable bonds is 14. The van der Waals surface area contributed by atoms with Crippen LogP contribution < -0.4 is 4.74 Å². The van der Waals surface area contributed by atoms with Gasteiger partial charge in [-0.3, -0.25) is 0 Å². The fourth-order valence-corrected chi connectivity index (χ4v) is 4.39. The highest BCUT2D eigenvalue weighted by atomic mass is 16.5. The lowest BCUT2D eigenvalue weighted by Crippen LogP contribution is -2.06. The average Bonchev–Trinajstić information content (AvgIpc) is 3.46. The van der Waals surface area contributed by atoms with Gasteiger partial charge in [0, 0.05) is 11.1 Å². The van der Waals surface area contributed by atoms with Crippen LogP contribution in [-0.4, -0.2) is 40.5 Å². The lowest BCUT2D eigenvalue weighted by atomic mass is 9.99. The Hall–Kier alpha value is -4.72. The molecule has 3 N–H and O–H groups in total. The highest BCUT2D eigenvalue weighted by molar-refractivity contribution is 5.94. The van der Waals surface area contributed by atoms with Crippen molar-refractivity contribution in [2.45, 2.75) is 38.5 Å². The van der Waals surface area contributed by atoms with E-state index in [2.05, 4.69) is 0 Å². The summed E-state index contributed by atoms with van der Waals surface area (Å²) in [6.45, 7) is 0.765. The van der Waals surface area contributed by atoms with Crippen LogP contribution in [0.25, 0.3) is 22.3 Å². The second kappa shape index (κ2) is 13.9. The van der Waals surface area contributed by atoms with E-state index in [9.17, 15) is 24.9 Å². The quantitative estimate of drug-likeness (QED) is 0.0857. The van der Waals surface area contributed by atoms with Crippen LogP contribution >= 0.6 is 0 Å². The summed E-state index contributed by atoms with van der Waals surface area (Å²) in [4.78, 5) is 23.6. The molecule has 0 saturated heterocycles. The van der Waals surface area contributed by atoms with Crippen molar-refractivity contribution in [3.63, 3.8) is 0 Å². The van der Waals surface area contributed by atoms with Crippen molar-refractivity contribution in [3.05, 3.63) is 90.4 Å². The molecular formula is C32H32O8. The summed E-state index contributed by atoms with van der Waals surface area (Å²) in [5, 5.41) is 28.6. The first-order valence-corrected chi connectivity index (χ1v) is 13.3. The molecule has 0 atom stereocenters. The maximum absolute atomic E-state index is 12.1. The van der Waals surface area contributed by atoms with E-state index < -0.39 is 11.9 Å². The highest BCUT2D eigenvalue weighted by Gasteiger charge is 2.18. The molecule has 0 aliphatic heterocycles. The molecule has 0 spiro atoms. The molecule has 0 aliphatic carbocycles. The number of hydrogen-bond acceptors (Lipinski definition) is 7. The number of carboxylic acid groups (broad SMARTS) is 1. The topological polar surface area (TPSA) is 126 Å². The minimum atomic E-state index is -1.12. The molecule has 8 nitrogen and oxygen atoms in total. The van der Waals surface area contributed by atoms with Crippen molar-refractivity contribution >= 4 is 11.9 Å². The van der Waals surface area contributed by atoms with Gasteiger partial charge in [0.15, 0.2) is 0 Å². The van der Waals surface area contributed by atoms with E-state index in [1.807, 2.05) is 48.5 Å². The molecule has 0 fully saturated rings. The molecule has 4 aromatic rings. The maximum Gasteiger partial charge on any atom is 0.372 e. The summed E-state index contributed by atoms with van der Waals surface area (Å²) < 4.78 is 16.5. The van der Waals surface area contributed by atoms with Gasteiger partial charge in [-0.1, -0.05) is 68.1 Å². The Morgan fingerprint density at radius 3 is 2.20 bits per heavy atom. The van der Waals surface area contributed by atoms with Crippen LogP contribution in [0.15, 0.2) is 83.5 Å².